The van der Waals surface area contributed by atoms with Crippen molar-refractivity contribution in [2.45, 2.75) is 38.3 Å². The van der Waals surface area contributed by atoms with Crippen molar-refractivity contribution in [1.82, 2.24) is 0 Å². The van der Waals surface area contributed by atoms with Gasteiger partial charge in [0, 0.05) is 5.69 Å². The number of hydrogen-bond acceptors (Lipinski definition) is 3. The Morgan fingerprint density at radius 1 is 1.31 bits per heavy atom. The summed E-state index contributed by atoms with van der Waals surface area (Å²) < 4.78 is 5.37. The Morgan fingerprint density at radius 3 is 2.62 bits per heavy atom. The summed E-state index contributed by atoms with van der Waals surface area (Å²) in [7, 11) is 0. The quantitative estimate of drug-likeness (QED) is 0.820. The lowest BCUT2D eigenvalue weighted by molar-refractivity contribution is 0.172. The molecule has 3 heteroatoms. The highest BCUT2D eigenvalue weighted by molar-refractivity contribution is 5.47. The highest BCUT2D eigenvalue weighted by Crippen LogP contribution is 2.24. The first-order valence-electron chi connectivity index (χ1n) is 5.97. The largest absolute Gasteiger partial charge is 0.494 e. The number of nitrogens with one attached hydrogen (secondary N) is 1. The lowest BCUT2D eigenvalue weighted by atomic mass is 10.2. The molecule has 0 bridgehead atoms. The average molecular weight is 221 g/mol. The summed E-state index contributed by atoms with van der Waals surface area (Å²) in [5.41, 5.74) is 1.05. The van der Waals surface area contributed by atoms with Crippen molar-refractivity contribution in [3.8, 4) is 5.75 Å². The molecule has 2 rings (SSSR count). The van der Waals surface area contributed by atoms with E-state index in [0.717, 1.165) is 30.7 Å². The van der Waals surface area contributed by atoms with Gasteiger partial charge >= 0.3 is 0 Å². The molecule has 2 atom stereocenters. The number of aliphatic hydroxyl groups is 1. The molecule has 3 nitrogen and oxygen atoms in total. The fraction of sp³-hybridized carbons (Fsp3) is 0.538. The van der Waals surface area contributed by atoms with E-state index >= 15 is 0 Å². The summed E-state index contributed by atoms with van der Waals surface area (Å²) in [6.45, 7) is 2.66. The predicted molar refractivity (Wildman–Crippen MR) is 64.9 cm³/mol. The van der Waals surface area contributed by atoms with Gasteiger partial charge < -0.3 is 15.2 Å². The van der Waals surface area contributed by atoms with Crippen molar-refractivity contribution in [2.24, 2.45) is 0 Å². The Balaban J connectivity index is 1.94. The van der Waals surface area contributed by atoms with E-state index in [4.69, 9.17) is 4.74 Å². The van der Waals surface area contributed by atoms with Gasteiger partial charge in [0.1, 0.15) is 5.75 Å². The average Bonchev–Trinajstić information content (AvgIpc) is 2.68. The molecule has 1 aromatic rings. The minimum absolute atomic E-state index is 0.202. The van der Waals surface area contributed by atoms with Crippen LogP contribution in [0.25, 0.3) is 0 Å². The molecule has 0 aromatic heterocycles. The van der Waals surface area contributed by atoms with Gasteiger partial charge in [-0.25, -0.2) is 0 Å². The highest BCUT2D eigenvalue weighted by Gasteiger charge is 2.24. The van der Waals surface area contributed by atoms with Crippen LogP contribution >= 0.6 is 0 Å². The van der Waals surface area contributed by atoms with Crippen LogP contribution < -0.4 is 10.1 Å². The smallest absolute Gasteiger partial charge is 0.119 e. The van der Waals surface area contributed by atoms with Gasteiger partial charge in [-0.15, -0.1) is 0 Å². The normalized spacial score (nSPS) is 24.4. The van der Waals surface area contributed by atoms with Gasteiger partial charge in [0.2, 0.25) is 0 Å². The van der Waals surface area contributed by atoms with Gasteiger partial charge in [0.25, 0.3) is 0 Å². The maximum absolute atomic E-state index is 9.70. The molecule has 0 aliphatic heterocycles. The maximum Gasteiger partial charge on any atom is 0.119 e. The zero-order valence-electron chi connectivity index (χ0n) is 9.65. The number of hydrogen-bond donors (Lipinski definition) is 2. The molecule has 1 fully saturated rings. The third-order valence-electron chi connectivity index (χ3n) is 3.00. The fourth-order valence-electron chi connectivity index (χ4n) is 2.14. The van der Waals surface area contributed by atoms with Crippen LogP contribution in [0.1, 0.15) is 26.2 Å². The van der Waals surface area contributed by atoms with Gasteiger partial charge in [-0.3, -0.25) is 0 Å². The van der Waals surface area contributed by atoms with E-state index in [1.165, 1.54) is 0 Å². The van der Waals surface area contributed by atoms with E-state index in [1.807, 2.05) is 31.2 Å². The van der Waals surface area contributed by atoms with Crippen LogP contribution in [0, 0.1) is 0 Å². The molecule has 0 unspecified atom stereocenters. The van der Waals surface area contributed by atoms with E-state index in [0.29, 0.717) is 6.61 Å². The topological polar surface area (TPSA) is 41.5 Å². The van der Waals surface area contributed by atoms with Gasteiger partial charge in [-0.2, -0.15) is 0 Å². The first-order chi connectivity index (χ1) is 7.79. The van der Waals surface area contributed by atoms with Crippen molar-refractivity contribution in [1.29, 1.82) is 0 Å². The van der Waals surface area contributed by atoms with Gasteiger partial charge in [-0.1, -0.05) is 0 Å². The second-order valence-corrected chi connectivity index (χ2v) is 4.21. The summed E-state index contributed by atoms with van der Waals surface area (Å²) in [6, 6.07) is 8.10. The summed E-state index contributed by atoms with van der Waals surface area (Å²) in [5.74, 6) is 0.889. The van der Waals surface area contributed by atoms with Crippen molar-refractivity contribution >= 4 is 5.69 Å². The molecule has 16 heavy (non-hydrogen) atoms. The zero-order valence-corrected chi connectivity index (χ0v) is 9.65. The first-order valence-corrected chi connectivity index (χ1v) is 5.97. The van der Waals surface area contributed by atoms with Crippen LogP contribution in [0.3, 0.4) is 0 Å². The molecule has 1 aliphatic rings. The monoisotopic (exact) mass is 221 g/mol. The molecule has 0 spiro atoms. The number of ether oxygens (including phenoxy) is 1. The van der Waals surface area contributed by atoms with Crippen LogP contribution in [0.4, 0.5) is 5.69 Å². The molecule has 0 saturated heterocycles. The summed E-state index contributed by atoms with van der Waals surface area (Å²) in [4.78, 5) is 0. The van der Waals surface area contributed by atoms with Crippen molar-refractivity contribution in [3.05, 3.63) is 24.3 Å². The minimum atomic E-state index is -0.202. The number of benzene rings is 1. The molecule has 0 heterocycles. The number of aliphatic hydroxyl groups excluding tert-OH is 1. The van der Waals surface area contributed by atoms with Crippen LogP contribution in [0.2, 0.25) is 0 Å². The Hall–Kier alpha value is -1.22. The van der Waals surface area contributed by atoms with Crippen molar-refractivity contribution in [3.63, 3.8) is 0 Å². The Labute approximate surface area is 96.4 Å². The second kappa shape index (κ2) is 5.21. The third-order valence-corrected chi connectivity index (χ3v) is 3.00. The van der Waals surface area contributed by atoms with Crippen molar-refractivity contribution in [2.75, 3.05) is 11.9 Å². The van der Waals surface area contributed by atoms with Crippen LogP contribution in [0.5, 0.6) is 5.75 Å². The fourth-order valence-corrected chi connectivity index (χ4v) is 2.14. The summed E-state index contributed by atoms with van der Waals surface area (Å²) >= 11 is 0. The molecule has 1 saturated carbocycles. The molecular formula is C13H19NO2. The molecule has 1 aromatic carbocycles. The SMILES string of the molecule is CCOc1ccc(N[C@@H]2CCC[C@H]2O)cc1. The van der Waals surface area contributed by atoms with Gasteiger partial charge in [0.05, 0.1) is 18.8 Å². The second-order valence-electron chi connectivity index (χ2n) is 4.21. The van der Waals surface area contributed by atoms with Crippen LogP contribution in [-0.2, 0) is 0 Å². The first kappa shape index (κ1) is 11.3. The van der Waals surface area contributed by atoms with Crippen LogP contribution in [0.15, 0.2) is 24.3 Å². The Morgan fingerprint density at radius 2 is 2.06 bits per heavy atom. The Bertz CT molecular complexity index is 323. The maximum atomic E-state index is 9.70. The zero-order chi connectivity index (χ0) is 11.4. The number of anilines is 1. The summed E-state index contributed by atoms with van der Waals surface area (Å²) in [6.07, 6.45) is 2.87. The van der Waals surface area contributed by atoms with Gasteiger partial charge in [-0.05, 0) is 50.5 Å². The molecule has 0 amide bonds. The van der Waals surface area contributed by atoms with E-state index in [1.54, 1.807) is 0 Å². The molecular weight excluding hydrogens is 202 g/mol. The van der Waals surface area contributed by atoms with Gasteiger partial charge in [0.15, 0.2) is 0 Å². The van der Waals surface area contributed by atoms with E-state index in [-0.39, 0.29) is 12.1 Å². The predicted octanol–water partition coefficient (Wildman–Crippen LogP) is 2.41. The van der Waals surface area contributed by atoms with E-state index in [9.17, 15) is 5.11 Å². The summed E-state index contributed by atoms with van der Waals surface area (Å²) in [5, 5.41) is 13.1. The molecule has 2 N–H and O–H groups in total. The highest BCUT2D eigenvalue weighted by atomic mass is 16.5. The Kier molecular flexibility index (Phi) is 3.67. The lowest BCUT2D eigenvalue weighted by Crippen LogP contribution is -2.27. The standard InChI is InChI=1S/C13H19NO2/c1-2-16-11-8-6-10(7-9-11)14-12-4-3-5-13(12)15/h6-9,12-15H,2-5H2,1H3/t12-,13-/m1/s1. The minimum Gasteiger partial charge on any atom is -0.494 e. The molecule has 0 radical (unpaired) electrons. The van der Waals surface area contributed by atoms with E-state index in [2.05, 4.69) is 5.32 Å². The third kappa shape index (κ3) is 2.67. The van der Waals surface area contributed by atoms with E-state index < -0.39 is 0 Å². The van der Waals surface area contributed by atoms with Crippen molar-refractivity contribution < 1.29 is 9.84 Å². The molecule has 88 valence electrons. The lowest BCUT2D eigenvalue weighted by Gasteiger charge is -2.17. The number of rotatable bonds is 4. The van der Waals surface area contributed by atoms with Crippen LogP contribution in [-0.4, -0.2) is 23.9 Å². The molecule has 1 aliphatic carbocycles.